The van der Waals surface area contributed by atoms with Crippen LogP contribution in [0.25, 0.3) is 0 Å². The Hall–Kier alpha value is -2.54. The third-order valence-electron chi connectivity index (χ3n) is 5.84. The molecule has 0 heterocycles. The molecule has 0 saturated carbocycles. The standard InChI is InChI=1S/C25H42BN5O/c1-9-22(24(29-7)31(8)17-32-10-2)23(28)25(5,16-27)11-12-30-19(4)20-13-18(3)14-21(15-20)26-6/h9,11-13,15-16,18-19,26-27,30H,1,10,14,17,28H2,2-8H3/b12-11-,23-22-,27-16?,29-24+. The van der Waals surface area contributed by atoms with Crippen molar-refractivity contribution < 1.29 is 4.74 Å². The van der Waals surface area contributed by atoms with Crippen molar-refractivity contribution in [3.05, 3.63) is 59.4 Å². The van der Waals surface area contributed by atoms with E-state index in [1.54, 1.807) is 13.1 Å². The van der Waals surface area contributed by atoms with E-state index in [1.807, 2.05) is 38.1 Å². The fraction of sp³-hybridized carbons (Fsp3) is 0.520. The zero-order valence-electron chi connectivity index (χ0n) is 21.0. The molecule has 0 aromatic rings. The van der Waals surface area contributed by atoms with E-state index in [-0.39, 0.29) is 6.04 Å². The number of hydrogen-bond acceptors (Lipinski definition) is 5. The van der Waals surface area contributed by atoms with Crippen LogP contribution in [-0.2, 0) is 4.74 Å². The minimum atomic E-state index is -0.794. The molecule has 0 bridgehead atoms. The Balaban J connectivity index is 3.12. The Bertz CT molecular complexity index is 811. The Kier molecular flexibility index (Phi) is 11.3. The number of nitrogens with two attached hydrogens (primary N) is 1. The minimum absolute atomic E-state index is 0.166. The number of hydrogen-bond donors (Lipinski definition) is 3. The quantitative estimate of drug-likeness (QED) is 0.142. The summed E-state index contributed by atoms with van der Waals surface area (Å²) in [6.07, 6.45) is 12.6. The molecule has 0 aromatic carbocycles. The number of aliphatic imine (C=N–C) groups is 1. The van der Waals surface area contributed by atoms with Crippen molar-refractivity contribution in [2.75, 3.05) is 27.4 Å². The van der Waals surface area contributed by atoms with Crippen molar-refractivity contribution in [3.63, 3.8) is 0 Å². The van der Waals surface area contributed by atoms with Crippen LogP contribution in [-0.4, -0.2) is 57.7 Å². The summed E-state index contributed by atoms with van der Waals surface area (Å²) in [4.78, 5) is 6.28. The van der Waals surface area contributed by atoms with Crippen LogP contribution in [0.1, 0.15) is 34.1 Å². The summed E-state index contributed by atoms with van der Waals surface area (Å²) in [6, 6.07) is 0.166. The summed E-state index contributed by atoms with van der Waals surface area (Å²) in [5.74, 6) is 1.23. The number of ether oxygens (including phenoxy) is 1. The molecular formula is C25H42BN5O. The van der Waals surface area contributed by atoms with Gasteiger partial charge in [0.1, 0.15) is 19.8 Å². The van der Waals surface area contributed by atoms with Gasteiger partial charge in [-0.25, -0.2) is 0 Å². The predicted octanol–water partition coefficient (Wildman–Crippen LogP) is 3.82. The lowest BCUT2D eigenvalue weighted by atomic mass is 9.66. The SMILES string of the molecule is C=CC(=C(/N)C(C)(C=N)/C=C\NC(C)C1=CC(C)CC(BC)=C1)/C(=N\C)N(C)COCC. The van der Waals surface area contributed by atoms with Gasteiger partial charge >= 0.3 is 0 Å². The summed E-state index contributed by atoms with van der Waals surface area (Å²) >= 11 is 0. The van der Waals surface area contributed by atoms with Crippen LogP contribution in [0.2, 0.25) is 6.82 Å². The number of likely N-dealkylation sites (N-methyl/N-ethyl adjacent to an activating group) is 1. The van der Waals surface area contributed by atoms with Crippen LogP contribution < -0.4 is 11.1 Å². The molecule has 3 atom stereocenters. The van der Waals surface area contributed by atoms with Crippen molar-refractivity contribution in [2.24, 2.45) is 22.1 Å². The molecule has 4 N–H and O–H groups in total. The van der Waals surface area contributed by atoms with E-state index < -0.39 is 5.41 Å². The smallest absolute Gasteiger partial charge is 0.149 e. The van der Waals surface area contributed by atoms with E-state index in [2.05, 4.69) is 49.7 Å². The maximum atomic E-state index is 8.08. The summed E-state index contributed by atoms with van der Waals surface area (Å²) in [5.41, 5.74) is 9.78. The Morgan fingerprint density at radius 2 is 2.25 bits per heavy atom. The largest absolute Gasteiger partial charge is 0.400 e. The second-order valence-electron chi connectivity index (χ2n) is 8.55. The van der Waals surface area contributed by atoms with E-state index >= 15 is 0 Å². The molecule has 176 valence electrons. The van der Waals surface area contributed by atoms with Crippen molar-refractivity contribution in [1.29, 1.82) is 5.41 Å². The van der Waals surface area contributed by atoms with Gasteiger partial charge in [-0.05, 0) is 44.9 Å². The molecule has 1 aliphatic rings. The summed E-state index contributed by atoms with van der Waals surface area (Å²) in [7, 11) is 4.69. The number of amidine groups is 1. The summed E-state index contributed by atoms with van der Waals surface area (Å²) in [6.45, 7) is 15.4. The lowest BCUT2D eigenvalue weighted by molar-refractivity contribution is 0.0857. The van der Waals surface area contributed by atoms with Gasteiger partial charge in [0, 0.05) is 44.2 Å². The average molecular weight is 439 g/mol. The highest BCUT2D eigenvalue weighted by Crippen LogP contribution is 2.27. The van der Waals surface area contributed by atoms with Crippen molar-refractivity contribution in [3.8, 4) is 0 Å². The topological polar surface area (TPSA) is 86.7 Å². The maximum absolute atomic E-state index is 8.08. The Labute approximate surface area is 195 Å². The monoisotopic (exact) mass is 439 g/mol. The number of allylic oxidation sites excluding steroid dienone is 3. The molecule has 1 rings (SSSR count). The third-order valence-corrected chi connectivity index (χ3v) is 5.84. The lowest BCUT2D eigenvalue weighted by Gasteiger charge is -2.28. The molecule has 0 saturated heterocycles. The van der Waals surface area contributed by atoms with Crippen molar-refractivity contribution in [2.45, 2.75) is 47.0 Å². The van der Waals surface area contributed by atoms with Gasteiger partial charge in [0.15, 0.2) is 0 Å². The van der Waals surface area contributed by atoms with Crippen molar-refractivity contribution in [1.82, 2.24) is 10.2 Å². The van der Waals surface area contributed by atoms with Gasteiger partial charge in [-0.15, -0.1) is 5.47 Å². The molecule has 0 spiro atoms. The van der Waals surface area contributed by atoms with E-state index in [0.29, 0.717) is 36.4 Å². The first-order valence-corrected chi connectivity index (χ1v) is 11.4. The highest BCUT2D eigenvalue weighted by Gasteiger charge is 2.27. The predicted molar refractivity (Wildman–Crippen MR) is 141 cm³/mol. The van der Waals surface area contributed by atoms with Gasteiger partial charge in [0.05, 0.1) is 5.41 Å². The van der Waals surface area contributed by atoms with Crippen LogP contribution in [0.3, 0.4) is 0 Å². The molecule has 0 aliphatic heterocycles. The van der Waals surface area contributed by atoms with E-state index in [4.69, 9.17) is 15.9 Å². The molecule has 1 aliphatic carbocycles. The number of rotatable bonds is 12. The first kappa shape index (κ1) is 27.5. The average Bonchev–Trinajstić information content (AvgIpc) is 2.79. The van der Waals surface area contributed by atoms with Crippen molar-refractivity contribution >= 4 is 19.3 Å². The molecule has 0 amide bonds. The molecule has 32 heavy (non-hydrogen) atoms. The molecule has 0 radical (unpaired) electrons. The van der Waals surface area contributed by atoms with E-state index in [0.717, 1.165) is 13.7 Å². The fourth-order valence-corrected chi connectivity index (χ4v) is 3.73. The molecule has 7 heteroatoms. The first-order chi connectivity index (χ1) is 15.2. The van der Waals surface area contributed by atoms with Gasteiger partial charge in [-0.3, -0.25) is 4.99 Å². The van der Waals surface area contributed by atoms with Gasteiger partial charge in [0.2, 0.25) is 0 Å². The Morgan fingerprint density at radius 3 is 2.78 bits per heavy atom. The Morgan fingerprint density at radius 1 is 1.56 bits per heavy atom. The van der Waals surface area contributed by atoms with Gasteiger partial charge in [-0.2, -0.15) is 0 Å². The van der Waals surface area contributed by atoms with Gasteiger partial charge in [-0.1, -0.05) is 44.6 Å². The van der Waals surface area contributed by atoms with Gasteiger partial charge in [0.25, 0.3) is 0 Å². The summed E-state index contributed by atoms with van der Waals surface area (Å²) in [5, 5.41) is 11.5. The van der Waals surface area contributed by atoms with Crippen LogP contribution in [0, 0.1) is 16.7 Å². The lowest BCUT2D eigenvalue weighted by Crippen LogP contribution is -2.35. The van der Waals surface area contributed by atoms with Crippen LogP contribution >= 0.6 is 0 Å². The first-order valence-electron chi connectivity index (χ1n) is 11.4. The normalized spacial score (nSPS) is 20.5. The van der Waals surface area contributed by atoms with E-state index in [9.17, 15) is 0 Å². The van der Waals surface area contributed by atoms with Gasteiger partial charge < -0.3 is 26.1 Å². The zero-order chi connectivity index (χ0) is 24.3. The third kappa shape index (κ3) is 7.26. The maximum Gasteiger partial charge on any atom is 0.149 e. The fourth-order valence-electron chi connectivity index (χ4n) is 3.73. The molecule has 0 aromatic heterocycles. The second-order valence-corrected chi connectivity index (χ2v) is 8.55. The van der Waals surface area contributed by atoms with Crippen LogP contribution in [0.4, 0.5) is 0 Å². The number of nitrogens with zero attached hydrogens (tertiary/aromatic N) is 2. The molecular weight excluding hydrogens is 397 g/mol. The molecule has 6 nitrogen and oxygen atoms in total. The number of nitrogens with one attached hydrogen (secondary N) is 2. The second kappa shape index (κ2) is 13.1. The molecule has 3 unspecified atom stereocenters. The van der Waals surface area contributed by atoms with E-state index in [1.165, 1.54) is 17.3 Å². The van der Waals surface area contributed by atoms with Crippen LogP contribution in [0.15, 0.2) is 64.4 Å². The zero-order valence-corrected chi connectivity index (χ0v) is 21.0. The molecule has 0 fully saturated rings. The minimum Gasteiger partial charge on any atom is -0.400 e. The summed E-state index contributed by atoms with van der Waals surface area (Å²) < 4.78 is 5.51. The highest BCUT2D eigenvalue weighted by atomic mass is 16.5. The highest BCUT2D eigenvalue weighted by molar-refractivity contribution is 6.43. The van der Waals surface area contributed by atoms with Crippen LogP contribution in [0.5, 0.6) is 0 Å².